The van der Waals surface area contributed by atoms with Crippen molar-refractivity contribution in [2.24, 2.45) is 5.41 Å². The third kappa shape index (κ3) is 7.46. The number of aromatic carboxylic acids is 1. The fraction of sp³-hybridized carbons (Fsp3) is 0.361. The molecule has 12 nitrogen and oxygen atoms in total. The number of ether oxygens (including phenoxy) is 4. The molecule has 1 aliphatic heterocycles. The number of aliphatic hydroxyl groups excluding tert-OH is 1. The summed E-state index contributed by atoms with van der Waals surface area (Å²) >= 11 is 6.50. The van der Waals surface area contributed by atoms with E-state index in [1.54, 1.807) is 62.4 Å². The van der Waals surface area contributed by atoms with Crippen molar-refractivity contribution in [3.8, 4) is 17.2 Å². The van der Waals surface area contributed by atoms with E-state index in [0.29, 0.717) is 44.4 Å². The van der Waals surface area contributed by atoms with Crippen LogP contribution in [0.1, 0.15) is 61.9 Å². The lowest BCUT2D eigenvalue weighted by Crippen LogP contribution is -2.46. The Hall–Kier alpha value is -4.78. The first kappa shape index (κ1) is 35.5. The van der Waals surface area contributed by atoms with Gasteiger partial charge in [-0.15, -0.1) is 0 Å². The Morgan fingerprint density at radius 2 is 1.80 bits per heavy atom. The number of benzene rings is 3. The van der Waals surface area contributed by atoms with Gasteiger partial charge in [-0.1, -0.05) is 37.6 Å². The molecule has 0 saturated carbocycles. The van der Waals surface area contributed by atoms with Gasteiger partial charge in [0.15, 0.2) is 17.2 Å². The van der Waals surface area contributed by atoms with Gasteiger partial charge in [0, 0.05) is 46.1 Å². The van der Waals surface area contributed by atoms with Gasteiger partial charge in [-0.25, -0.2) is 4.79 Å². The van der Waals surface area contributed by atoms with Crippen LogP contribution in [0.4, 0.5) is 11.4 Å². The smallest absolute Gasteiger partial charge is 0.375 e. The third-order valence-corrected chi connectivity index (χ3v) is 8.21. The molecular weight excluding hydrogens is 656 g/mol. The number of hydrogen-bond acceptors (Lipinski definition) is 9. The highest BCUT2D eigenvalue weighted by Crippen LogP contribution is 2.46. The van der Waals surface area contributed by atoms with Crippen molar-refractivity contribution in [2.75, 3.05) is 37.6 Å². The van der Waals surface area contributed by atoms with Crippen molar-refractivity contribution < 1.29 is 48.0 Å². The highest BCUT2D eigenvalue weighted by molar-refractivity contribution is 6.30. The molecule has 5 rings (SSSR count). The summed E-state index contributed by atoms with van der Waals surface area (Å²) in [6, 6.07) is 15.0. The van der Waals surface area contributed by atoms with Crippen molar-refractivity contribution in [3.05, 3.63) is 76.5 Å². The van der Waals surface area contributed by atoms with Crippen LogP contribution >= 0.6 is 11.6 Å². The lowest BCUT2D eigenvalue weighted by molar-refractivity contribution is -0.136. The molecule has 2 amide bonds. The number of para-hydroxylation sites is 1. The zero-order chi connectivity index (χ0) is 35.6. The maximum absolute atomic E-state index is 14.4. The number of nitrogens with zero attached hydrogens (tertiary/aromatic N) is 1. The van der Waals surface area contributed by atoms with Crippen molar-refractivity contribution in [1.82, 2.24) is 0 Å². The predicted octanol–water partition coefficient (Wildman–Crippen LogP) is 6.46. The minimum absolute atomic E-state index is 0.0459. The largest absolute Gasteiger partial charge is 0.493 e. The van der Waals surface area contributed by atoms with E-state index < -0.39 is 41.8 Å². The molecule has 1 aliphatic rings. The monoisotopic (exact) mass is 694 g/mol. The van der Waals surface area contributed by atoms with E-state index in [0.717, 1.165) is 0 Å². The summed E-state index contributed by atoms with van der Waals surface area (Å²) in [6.07, 6.45) is -2.95. The molecule has 49 heavy (non-hydrogen) atoms. The van der Waals surface area contributed by atoms with E-state index in [1.165, 1.54) is 25.2 Å². The zero-order valence-corrected chi connectivity index (χ0v) is 28.8. The number of nitrogens with one attached hydrogen (secondary N) is 1. The summed E-state index contributed by atoms with van der Waals surface area (Å²) in [4.78, 5) is 41.4. The Morgan fingerprint density at radius 3 is 2.45 bits per heavy atom. The second kappa shape index (κ2) is 14.4. The fourth-order valence-corrected chi connectivity index (χ4v) is 5.91. The van der Waals surface area contributed by atoms with Crippen molar-refractivity contribution in [1.29, 1.82) is 0 Å². The number of anilines is 2. The summed E-state index contributed by atoms with van der Waals surface area (Å²) in [7, 11) is 3.01. The van der Waals surface area contributed by atoms with Crippen LogP contribution in [0.5, 0.6) is 17.2 Å². The van der Waals surface area contributed by atoms with Crippen molar-refractivity contribution >= 4 is 51.7 Å². The summed E-state index contributed by atoms with van der Waals surface area (Å²) < 4.78 is 29.1. The number of methoxy groups -OCH3 is 2. The van der Waals surface area contributed by atoms with E-state index in [2.05, 4.69) is 5.32 Å². The van der Waals surface area contributed by atoms with Crippen molar-refractivity contribution in [2.45, 2.75) is 52.4 Å². The van der Waals surface area contributed by atoms with Gasteiger partial charge >= 0.3 is 5.97 Å². The molecule has 0 fully saturated rings. The van der Waals surface area contributed by atoms with E-state index >= 15 is 0 Å². The molecule has 4 aromatic rings. The van der Waals surface area contributed by atoms with Crippen LogP contribution in [0.15, 0.2) is 59.0 Å². The molecule has 0 spiro atoms. The summed E-state index contributed by atoms with van der Waals surface area (Å²) in [6.45, 7) is 7.07. The second-order valence-corrected chi connectivity index (χ2v) is 13.2. The van der Waals surface area contributed by atoms with Gasteiger partial charge in [-0.2, -0.15) is 0 Å². The van der Waals surface area contributed by atoms with Crippen LogP contribution in [0.3, 0.4) is 0 Å². The van der Waals surface area contributed by atoms with Gasteiger partial charge in [-0.3, -0.25) is 9.59 Å². The highest BCUT2D eigenvalue weighted by Gasteiger charge is 2.41. The molecule has 13 heteroatoms. The molecule has 3 N–H and O–H groups in total. The van der Waals surface area contributed by atoms with Crippen LogP contribution < -0.4 is 24.4 Å². The maximum atomic E-state index is 14.4. The fourth-order valence-electron chi connectivity index (χ4n) is 5.73. The molecular formula is C36H39ClN2O10. The molecule has 3 aromatic carbocycles. The number of fused-ring (bicyclic) bond motifs is 2. The molecule has 0 bridgehead atoms. The Bertz CT molecular complexity index is 1890. The van der Waals surface area contributed by atoms with E-state index in [1.807, 2.05) is 13.8 Å². The number of amides is 2. The Labute approximate surface area is 288 Å². The first-order valence-corrected chi connectivity index (χ1v) is 16.0. The average molecular weight is 695 g/mol. The number of furan rings is 1. The van der Waals surface area contributed by atoms with Gasteiger partial charge in [-0.05, 0) is 56.3 Å². The zero-order valence-electron chi connectivity index (χ0n) is 28.0. The molecule has 2 atom stereocenters. The normalized spacial score (nSPS) is 16.3. The van der Waals surface area contributed by atoms with Gasteiger partial charge in [0.05, 0.1) is 32.1 Å². The van der Waals surface area contributed by atoms with E-state index in [9.17, 15) is 24.6 Å². The molecule has 1 aromatic heterocycles. The first-order chi connectivity index (χ1) is 23.3. The number of carbonyl (C=O) groups is 3. The molecule has 0 radical (unpaired) electrons. The topological polar surface area (TPSA) is 157 Å². The summed E-state index contributed by atoms with van der Waals surface area (Å²) in [5.74, 6) is -1.81. The second-order valence-electron chi connectivity index (χ2n) is 12.7. The van der Waals surface area contributed by atoms with Crippen LogP contribution in [-0.2, 0) is 14.3 Å². The Morgan fingerprint density at radius 1 is 1.04 bits per heavy atom. The van der Waals surface area contributed by atoms with E-state index in [-0.39, 0.29) is 36.3 Å². The quantitative estimate of drug-likeness (QED) is 0.150. The third-order valence-electron chi connectivity index (χ3n) is 7.98. The minimum atomic E-state index is -1.29. The SMILES string of the molecule is COc1cccc([C@H]2O[C@H](CC(=O)Nc3ccc4oc(C(=O)O)c(OC(C)C)c4c3)C(=O)N(CC(C)(C)CO)c3ccc(Cl)cc32)c1OC. The number of rotatable bonds is 12. The number of hydrogen-bond donors (Lipinski definition) is 3. The number of carboxylic acid groups (broad SMARTS) is 1. The number of halogens is 1. The molecule has 0 unspecified atom stereocenters. The standard InChI is InChI=1S/C36H39ClN2O10/c1-19(2)47-32-24-15-21(11-13-26(24)48-33(32)35(43)44)38-29(41)16-28-34(42)39(17-36(3,4)18-40)25-12-10-20(37)14-23(25)30(49-28)22-8-7-9-27(45-5)31(22)46-6/h7-15,19,28,30,40H,16-18H2,1-6H3,(H,38,41)(H,43,44)/t28-,30-/m1/s1. The van der Waals surface area contributed by atoms with Gasteiger partial charge < -0.3 is 43.8 Å². The Balaban J connectivity index is 1.55. The van der Waals surface area contributed by atoms with Gasteiger partial charge in [0.25, 0.3) is 11.7 Å². The number of aliphatic hydroxyl groups is 1. The molecule has 0 saturated heterocycles. The first-order valence-electron chi connectivity index (χ1n) is 15.6. The lowest BCUT2D eigenvalue weighted by atomic mass is 9.92. The van der Waals surface area contributed by atoms with E-state index in [4.69, 9.17) is 35.0 Å². The highest BCUT2D eigenvalue weighted by atomic mass is 35.5. The summed E-state index contributed by atoms with van der Waals surface area (Å²) in [5.41, 5.74) is 1.49. The molecule has 2 heterocycles. The van der Waals surface area contributed by atoms with Crippen LogP contribution in [-0.4, -0.2) is 67.6 Å². The lowest BCUT2D eigenvalue weighted by Gasteiger charge is -2.32. The van der Waals surface area contributed by atoms with Crippen LogP contribution in [0.25, 0.3) is 11.0 Å². The maximum Gasteiger partial charge on any atom is 0.375 e. The predicted molar refractivity (Wildman–Crippen MR) is 183 cm³/mol. The molecule has 0 aliphatic carbocycles. The average Bonchev–Trinajstić information content (AvgIpc) is 3.37. The van der Waals surface area contributed by atoms with Gasteiger partial charge in [0.1, 0.15) is 17.8 Å². The number of carboxylic acids is 1. The van der Waals surface area contributed by atoms with Gasteiger partial charge in [0.2, 0.25) is 5.91 Å². The van der Waals surface area contributed by atoms with Crippen LogP contribution in [0, 0.1) is 5.41 Å². The minimum Gasteiger partial charge on any atom is -0.493 e. The Kier molecular flexibility index (Phi) is 10.4. The van der Waals surface area contributed by atoms with Crippen LogP contribution in [0.2, 0.25) is 5.02 Å². The summed E-state index contributed by atoms with van der Waals surface area (Å²) in [5, 5.41) is 23.4. The molecule has 260 valence electrons. The van der Waals surface area contributed by atoms with Crippen molar-refractivity contribution in [3.63, 3.8) is 0 Å². The number of carbonyl (C=O) groups excluding carboxylic acids is 2.